The first-order valence-corrected chi connectivity index (χ1v) is 8.54. The highest BCUT2D eigenvalue weighted by Crippen LogP contribution is 2.20. The highest BCUT2D eigenvalue weighted by molar-refractivity contribution is 5.79. The van der Waals surface area contributed by atoms with E-state index in [1.807, 2.05) is 13.8 Å². The quantitative estimate of drug-likeness (QED) is 0.714. The topological polar surface area (TPSA) is 115 Å². The second-order valence-corrected chi connectivity index (χ2v) is 6.66. The Balaban J connectivity index is 2.51. The Morgan fingerprint density at radius 2 is 2.04 bits per heavy atom. The summed E-state index contributed by atoms with van der Waals surface area (Å²) in [6.07, 6.45) is 1.80. The highest BCUT2D eigenvalue weighted by Gasteiger charge is 2.16. The summed E-state index contributed by atoms with van der Waals surface area (Å²) < 4.78 is 1.45. The molecule has 0 saturated heterocycles. The lowest BCUT2D eigenvalue weighted by Gasteiger charge is -2.16. The van der Waals surface area contributed by atoms with Crippen LogP contribution in [0.2, 0.25) is 0 Å². The molecule has 8 nitrogen and oxygen atoms in total. The fourth-order valence-electron chi connectivity index (χ4n) is 2.49. The molecular formula is C18H26N6O2. The third-order valence-corrected chi connectivity index (χ3v) is 3.98. The Labute approximate surface area is 152 Å². The number of amides is 1. The monoisotopic (exact) mass is 358 g/mol. The van der Waals surface area contributed by atoms with Crippen LogP contribution in [-0.4, -0.2) is 34.0 Å². The molecule has 2 aromatic heterocycles. The maximum absolute atomic E-state index is 12.9. The van der Waals surface area contributed by atoms with E-state index in [2.05, 4.69) is 20.6 Å². The number of nitrogens with zero attached hydrogens (tertiary/aromatic N) is 3. The average molecular weight is 358 g/mol. The van der Waals surface area contributed by atoms with Gasteiger partial charge in [-0.15, -0.1) is 0 Å². The first-order valence-electron chi connectivity index (χ1n) is 8.54. The zero-order valence-corrected chi connectivity index (χ0v) is 15.9. The molecule has 0 unspecified atom stereocenters. The van der Waals surface area contributed by atoms with Crippen LogP contribution in [0.25, 0.3) is 5.82 Å². The van der Waals surface area contributed by atoms with Crippen molar-refractivity contribution in [2.75, 3.05) is 24.6 Å². The molecule has 8 heteroatoms. The van der Waals surface area contributed by atoms with E-state index in [-0.39, 0.29) is 23.7 Å². The molecule has 2 heterocycles. The zero-order chi connectivity index (χ0) is 19.4. The number of carbonyl (C=O) groups is 1. The molecule has 2 aromatic rings. The maximum Gasteiger partial charge on any atom is 0.299 e. The molecule has 0 aliphatic heterocycles. The summed E-state index contributed by atoms with van der Waals surface area (Å²) in [5, 5.41) is 5.64. The van der Waals surface area contributed by atoms with Gasteiger partial charge in [0, 0.05) is 31.2 Å². The van der Waals surface area contributed by atoms with Crippen molar-refractivity contribution in [3.8, 4) is 5.82 Å². The minimum Gasteiger partial charge on any atom is -0.396 e. The lowest BCUT2D eigenvalue weighted by molar-refractivity contribution is -0.119. The molecule has 0 aromatic carbocycles. The van der Waals surface area contributed by atoms with E-state index in [9.17, 15) is 9.59 Å². The van der Waals surface area contributed by atoms with Gasteiger partial charge in [0.1, 0.15) is 0 Å². The molecule has 26 heavy (non-hydrogen) atoms. The number of aryl methyl sites for hydroxylation is 2. The first-order chi connectivity index (χ1) is 12.2. The normalized spacial score (nSPS) is 10.8. The van der Waals surface area contributed by atoms with Crippen LogP contribution >= 0.6 is 0 Å². The van der Waals surface area contributed by atoms with Crippen molar-refractivity contribution in [3.05, 3.63) is 39.6 Å². The van der Waals surface area contributed by atoms with Crippen LogP contribution in [0.4, 0.5) is 11.5 Å². The summed E-state index contributed by atoms with van der Waals surface area (Å²) in [6, 6.07) is 1.69. The number of rotatable bonds is 6. The summed E-state index contributed by atoms with van der Waals surface area (Å²) in [5.74, 6) is 0.859. The third kappa shape index (κ3) is 4.19. The third-order valence-electron chi connectivity index (χ3n) is 3.98. The fourth-order valence-corrected chi connectivity index (χ4v) is 2.49. The molecule has 0 aliphatic rings. The number of nitrogen functional groups attached to an aromatic ring is 1. The van der Waals surface area contributed by atoms with Crippen molar-refractivity contribution >= 4 is 17.4 Å². The lowest BCUT2D eigenvalue weighted by Crippen LogP contribution is -2.28. The Morgan fingerprint density at radius 1 is 1.35 bits per heavy atom. The van der Waals surface area contributed by atoms with E-state index in [0.29, 0.717) is 35.4 Å². The van der Waals surface area contributed by atoms with Gasteiger partial charge in [-0.3, -0.25) is 14.2 Å². The predicted molar refractivity (Wildman–Crippen MR) is 103 cm³/mol. The Morgan fingerprint density at radius 3 is 2.65 bits per heavy atom. The van der Waals surface area contributed by atoms with Crippen LogP contribution in [0.1, 0.15) is 30.8 Å². The number of nitrogens with one attached hydrogen (secondary N) is 2. The van der Waals surface area contributed by atoms with Crippen LogP contribution in [0.15, 0.2) is 17.1 Å². The van der Waals surface area contributed by atoms with E-state index in [0.717, 1.165) is 5.56 Å². The van der Waals surface area contributed by atoms with Gasteiger partial charge in [-0.2, -0.15) is 0 Å². The molecule has 0 aliphatic carbocycles. The van der Waals surface area contributed by atoms with Gasteiger partial charge in [-0.25, -0.2) is 9.97 Å². The largest absolute Gasteiger partial charge is 0.396 e. The number of anilines is 2. The van der Waals surface area contributed by atoms with Gasteiger partial charge in [0.15, 0.2) is 11.6 Å². The molecule has 0 spiro atoms. The molecule has 2 rings (SSSR count). The minimum absolute atomic E-state index is 0.125. The number of hydrogen-bond acceptors (Lipinski definition) is 6. The van der Waals surface area contributed by atoms with Gasteiger partial charge >= 0.3 is 0 Å². The SMILES string of the molecule is CNC(=O)Cc1cc(N)c(-n2c(C)cnc(NCC(C)C)c2=O)nc1C. The summed E-state index contributed by atoms with van der Waals surface area (Å²) in [7, 11) is 1.58. The lowest BCUT2D eigenvalue weighted by atomic mass is 10.1. The van der Waals surface area contributed by atoms with Crippen molar-refractivity contribution in [3.63, 3.8) is 0 Å². The summed E-state index contributed by atoms with van der Waals surface area (Å²) >= 11 is 0. The molecule has 140 valence electrons. The molecular weight excluding hydrogens is 332 g/mol. The molecule has 0 bridgehead atoms. The molecule has 0 radical (unpaired) electrons. The van der Waals surface area contributed by atoms with Gasteiger partial charge in [0.05, 0.1) is 12.1 Å². The predicted octanol–water partition coefficient (Wildman–Crippen LogP) is 1.18. The van der Waals surface area contributed by atoms with E-state index in [4.69, 9.17) is 5.73 Å². The van der Waals surface area contributed by atoms with Gasteiger partial charge in [-0.05, 0) is 31.4 Å². The number of aromatic nitrogens is 3. The summed E-state index contributed by atoms with van der Waals surface area (Å²) in [6.45, 7) is 8.30. The Hall–Kier alpha value is -2.90. The second kappa shape index (κ2) is 7.99. The van der Waals surface area contributed by atoms with Gasteiger partial charge in [0.25, 0.3) is 5.56 Å². The van der Waals surface area contributed by atoms with E-state index >= 15 is 0 Å². The van der Waals surface area contributed by atoms with Crippen molar-refractivity contribution in [2.45, 2.75) is 34.1 Å². The van der Waals surface area contributed by atoms with Crippen molar-refractivity contribution in [1.82, 2.24) is 19.9 Å². The van der Waals surface area contributed by atoms with Crippen LogP contribution in [0.5, 0.6) is 0 Å². The van der Waals surface area contributed by atoms with Crippen LogP contribution < -0.4 is 21.9 Å². The number of nitrogens with two attached hydrogens (primary N) is 1. The van der Waals surface area contributed by atoms with Crippen molar-refractivity contribution in [1.29, 1.82) is 0 Å². The molecule has 1 amide bonds. The number of carbonyl (C=O) groups excluding carboxylic acids is 1. The fraction of sp³-hybridized carbons (Fsp3) is 0.444. The number of pyridine rings is 1. The van der Waals surface area contributed by atoms with Gasteiger partial charge < -0.3 is 16.4 Å². The van der Waals surface area contributed by atoms with Gasteiger partial charge in [-0.1, -0.05) is 13.8 Å². The average Bonchev–Trinajstić information content (AvgIpc) is 2.58. The standard InChI is InChI=1S/C18H26N6O2/c1-10(2)8-21-16-18(26)24(11(3)9-22-16)17-14(19)6-13(12(4)23-17)7-15(25)20-5/h6,9-10H,7-8,19H2,1-5H3,(H,20,25)(H,21,22). The molecule has 0 saturated carbocycles. The smallest absolute Gasteiger partial charge is 0.299 e. The van der Waals surface area contributed by atoms with E-state index < -0.39 is 0 Å². The van der Waals surface area contributed by atoms with Crippen molar-refractivity contribution in [2.24, 2.45) is 5.92 Å². The molecule has 0 atom stereocenters. The van der Waals surface area contributed by atoms with Gasteiger partial charge in [0.2, 0.25) is 5.91 Å². The van der Waals surface area contributed by atoms with Crippen LogP contribution in [0, 0.1) is 19.8 Å². The highest BCUT2D eigenvalue weighted by atomic mass is 16.1. The van der Waals surface area contributed by atoms with E-state index in [1.165, 1.54) is 4.57 Å². The van der Waals surface area contributed by atoms with E-state index in [1.54, 1.807) is 33.2 Å². The van der Waals surface area contributed by atoms with Crippen LogP contribution in [-0.2, 0) is 11.2 Å². The second-order valence-electron chi connectivity index (χ2n) is 6.66. The Bertz CT molecular complexity index is 873. The molecule has 0 fully saturated rings. The Kier molecular flexibility index (Phi) is 5.97. The first kappa shape index (κ1) is 19.4. The number of likely N-dealkylation sites (N-methyl/N-ethyl adjacent to an activating group) is 1. The molecule has 4 N–H and O–H groups in total. The number of hydrogen-bond donors (Lipinski definition) is 3. The maximum atomic E-state index is 12.9. The summed E-state index contributed by atoms with van der Waals surface area (Å²) in [4.78, 5) is 33.2. The minimum atomic E-state index is -0.302. The van der Waals surface area contributed by atoms with Crippen LogP contribution in [0.3, 0.4) is 0 Å². The summed E-state index contributed by atoms with van der Waals surface area (Å²) in [5.41, 5.74) is 8.19. The van der Waals surface area contributed by atoms with Crippen molar-refractivity contribution < 1.29 is 4.79 Å². The zero-order valence-electron chi connectivity index (χ0n) is 15.9.